The van der Waals surface area contributed by atoms with E-state index in [-0.39, 0.29) is 17.7 Å². The maximum atomic E-state index is 12.1. The lowest BCUT2D eigenvalue weighted by Gasteiger charge is -2.26. The number of thiazole rings is 1. The SMILES string of the molecule is CC(=O)C(C)Nc1nc(CC(=O)N2CCOCC2)cs1. The summed E-state index contributed by atoms with van der Waals surface area (Å²) in [5, 5.41) is 5.56. The first-order valence-corrected chi connectivity index (χ1v) is 7.51. The molecule has 1 amide bonds. The van der Waals surface area contributed by atoms with Gasteiger partial charge in [-0.1, -0.05) is 0 Å². The zero-order chi connectivity index (χ0) is 14.5. The van der Waals surface area contributed by atoms with Gasteiger partial charge in [-0.2, -0.15) is 0 Å². The second-order valence-corrected chi connectivity index (χ2v) is 5.65. The smallest absolute Gasteiger partial charge is 0.228 e. The Morgan fingerprint density at radius 2 is 2.20 bits per heavy atom. The van der Waals surface area contributed by atoms with Gasteiger partial charge in [-0.05, 0) is 13.8 Å². The first kappa shape index (κ1) is 14.9. The van der Waals surface area contributed by atoms with Crippen molar-refractivity contribution in [3.63, 3.8) is 0 Å². The van der Waals surface area contributed by atoms with Crippen LogP contribution in [0.15, 0.2) is 5.38 Å². The molecule has 1 saturated heterocycles. The minimum atomic E-state index is -0.260. The number of nitrogens with one attached hydrogen (secondary N) is 1. The molecule has 6 nitrogen and oxygen atoms in total. The average Bonchev–Trinajstić information content (AvgIpc) is 2.86. The van der Waals surface area contributed by atoms with E-state index in [1.54, 1.807) is 11.8 Å². The topological polar surface area (TPSA) is 71.5 Å². The number of ketones is 1. The molecule has 20 heavy (non-hydrogen) atoms. The van der Waals surface area contributed by atoms with Gasteiger partial charge >= 0.3 is 0 Å². The number of hydrogen-bond donors (Lipinski definition) is 1. The molecule has 1 fully saturated rings. The van der Waals surface area contributed by atoms with Crippen LogP contribution in [0.2, 0.25) is 0 Å². The van der Waals surface area contributed by atoms with E-state index in [9.17, 15) is 9.59 Å². The number of amides is 1. The molecule has 0 radical (unpaired) electrons. The Kier molecular flexibility index (Phi) is 5.08. The van der Waals surface area contributed by atoms with E-state index in [0.29, 0.717) is 37.9 Å². The first-order valence-electron chi connectivity index (χ1n) is 6.63. The van der Waals surface area contributed by atoms with E-state index in [4.69, 9.17) is 4.74 Å². The number of Topliss-reactive ketones (excluding diaryl/α,β-unsaturated/α-hetero) is 1. The van der Waals surface area contributed by atoms with Crippen LogP contribution < -0.4 is 5.32 Å². The van der Waals surface area contributed by atoms with Gasteiger partial charge < -0.3 is 15.0 Å². The molecule has 1 aromatic rings. The third-order valence-corrected chi connectivity index (χ3v) is 4.02. The predicted molar refractivity (Wildman–Crippen MR) is 77.0 cm³/mol. The molecule has 1 N–H and O–H groups in total. The summed E-state index contributed by atoms with van der Waals surface area (Å²) in [6.07, 6.45) is 0.298. The molecule has 1 unspecified atom stereocenters. The molecule has 1 aromatic heterocycles. The van der Waals surface area contributed by atoms with Crippen LogP contribution in [-0.4, -0.2) is 53.9 Å². The maximum Gasteiger partial charge on any atom is 0.228 e. The molecular formula is C13H19N3O3S. The van der Waals surface area contributed by atoms with Crippen molar-refractivity contribution in [3.8, 4) is 0 Å². The highest BCUT2D eigenvalue weighted by Gasteiger charge is 2.18. The summed E-state index contributed by atoms with van der Waals surface area (Å²) in [6.45, 7) is 5.83. The standard InChI is InChI=1S/C13H19N3O3S/c1-9(10(2)17)14-13-15-11(8-20-13)7-12(18)16-3-5-19-6-4-16/h8-9H,3-7H2,1-2H3,(H,14,15). The maximum absolute atomic E-state index is 12.1. The number of morpholine rings is 1. The summed E-state index contributed by atoms with van der Waals surface area (Å²) in [7, 11) is 0. The number of nitrogens with zero attached hydrogens (tertiary/aromatic N) is 2. The number of ether oxygens (including phenoxy) is 1. The molecule has 1 aliphatic rings. The Morgan fingerprint density at radius 1 is 1.50 bits per heavy atom. The highest BCUT2D eigenvalue weighted by atomic mass is 32.1. The fourth-order valence-electron chi connectivity index (χ4n) is 1.82. The van der Waals surface area contributed by atoms with Crippen LogP contribution in [0.3, 0.4) is 0 Å². The summed E-state index contributed by atoms with van der Waals surface area (Å²) in [6, 6.07) is -0.260. The fraction of sp³-hybridized carbons (Fsp3) is 0.615. The van der Waals surface area contributed by atoms with Crippen molar-refractivity contribution >= 4 is 28.2 Å². The lowest BCUT2D eigenvalue weighted by Crippen LogP contribution is -2.41. The van der Waals surface area contributed by atoms with Gasteiger partial charge in [0.2, 0.25) is 5.91 Å². The van der Waals surface area contributed by atoms with E-state index in [2.05, 4.69) is 10.3 Å². The van der Waals surface area contributed by atoms with Crippen molar-refractivity contribution in [2.45, 2.75) is 26.3 Å². The third-order valence-electron chi connectivity index (χ3n) is 3.20. The molecule has 0 spiro atoms. The molecule has 0 aliphatic carbocycles. The minimum Gasteiger partial charge on any atom is -0.378 e. The van der Waals surface area contributed by atoms with E-state index >= 15 is 0 Å². The summed E-state index contributed by atoms with van der Waals surface area (Å²) >= 11 is 1.41. The monoisotopic (exact) mass is 297 g/mol. The molecule has 0 bridgehead atoms. The fourth-order valence-corrected chi connectivity index (χ4v) is 2.62. The van der Waals surface area contributed by atoms with Gasteiger partial charge in [0, 0.05) is 18.5 Å². The Balaban J connectivity index is 1.88. The highest BCUT2D eigenvalue weighted by molar-refractivity contribution is 7.13. The number of anilines is 1. The predicted octanol–water partition coefficient (Wildman–Crippen LogP) is 0.934. The van der Waals surface area contributed by atoms with E-state index in [1.165, 1.54) is 18.3 Å². The van der Waals surface area contributed by atoms with Gasteiger partial charge in [0.05, 0.1) is 31.4 Å². The molecule has 1 aliphatic heterocycles. The second-order valence-electron chi connectivity index (χ2n) is 4.79. The van der Waals surface area contributed by atoms with Crippen LogP contribution in [0.4, 0.5) is 5.13 Å². The Labute approximate surface area is 122 Å². The van der Waals surface area contributed by atoms with Crippen molar-refractivity contribution in [1.82, 2.24) is 9.88 Å². The van der Waals surface area contributed by atoms with E-state index < -0.39 is 0 Å². The van der Waals surface area contributed by atoms with Gasteiger partial charge in [-0.3, -0.25) is 9.59 Å². The van der Waals surface area contributed by atoms with Gasteiger partial charge in [-0.15, -0.1) is 11.3 Å². The van der Waals surface area contributed by atoms with Crippen molar-refractivity contribution in [2.75, 3.05) is 31.6 Å². The summed E-state index contributed by atoms with van der Waals surface area (Å²) in [4.78, 5) is 29.4. The molecule has 7 heteroatoms. The zero-order valence-corrected chi connectivity index (χ0v) is 12.5. The number of aromatic nitrogens is 1. The molecule has 2 heterocycles. The van der Waals surface area contributed by atoms with Crippen LogP contribution >= 0.6 is 11.3 Å². The summed E-state index contributed by atoms with van der Waals surface area (Å²) < 4.78 is 5.22. The van der Waals surface area contributed by atoms with Crippen LogP contribution in [0.1, 0.15) is 19.5 Å². The second kappa shape index (κ2) is 6.81. The van der Waals surface area contributed by atoms with Crippen LogP contribution in [-0.2, 0) is 20.7 Å². The third kappa shape index (κ3) is 4.01. The molecule has 0 saturated carbocycles. The Hall–Kier alpha value is -1.47. The minimum absolute atomic E-state index is 0.0612. The molecule has 0 aromatic carbocycles. The number of rotatable bonds is 5. The Bertz CT molecular complexity index is 483. The van der Waals surface area contributed by atoms with Crippen LogP contribution in [0, 0.1) is 0 Å². The lowest BCUT2D eigenvalue weighted by atomic mass is 10.2. The van der Waals surface area contributed by atoms with Crippen molar-refractivity contribution in [2.24, 2.45) is 0 Å². The average molecular weight is 297 g/mol. The molecule has 1 atom stereocenters. The first-order chi connectivity index (χ1) is 9.56. The van der Waals surface area contributed by atoms with E-state index in [1.807, 2.05) is 5.38 Å². The zero-order valence-electron chi connectivity index (χ0n) is 11.7. The molecular weight excluding hydrogens is 278 g/mol. The number of hydrogen-bond acceptors (Lipinski definition) is 6. The van der Waals surface area contributed by atoms with E-state index in [0.717, 1.165) is 5.69 Å². The largest absolute Gasteiger partial charge is 0.378 e. The van der Waals surface area contributed by atoms with Crippen molar-refractivity contribution < 1.29 is 14.3 Å². The highest BCUT2D eigenvalue weighted by Crippen LogP contribution is 2.17. The van der Waals surface area contributed by atoms with Gasteiger partial charge in [0.15, 0.2) is 10.9 Å². The van der Waals surface area contributed by atoms with Crippen LogP contribution in [0.5, 0.6) is 0 Å². The van der Waals surface area contributed by atoms with Gasteiger partial charge in [0.1, 0.15) is 0 Å². The lowest BCUT2D eigenvalue weighted by molar-refractivity contribution is -0.134. The summed E-state index contributed by atoms with van der Waals surface area (Å²) in [5.41, 5.74) is 0.741. The normalized spacial score (nSPS) is 16.8. The number of carbonyl (C=O) groups excluding carboxylic acids is 2. The molecule has 110 valence electrons. The van der Waals surface area contributed by atoms with Crippen molar-refractivity contribution in [1.29, 1.82) is 0 Å². The Morgan fingerprint density at radius 3 is 2.85 bits per heavy atom. The quantitative estimate of drug-likeness (QED) is 0.875. The molecule has 2 rings (SSSR count). The van der Waals surface area contributed by atoms with Crippen molar-refractivity contribution in [3.05, 3.63) is 11.1 Å². The van der Waals surface area contributed by atoms with Gasteiger partial charge in [0.25, 0.3) is 0 Å². The van der Waals surface area contributed by atoms with Gasteiger partial charge in [-0.25, -0.2) is 4.98 Å². The number of carbonyl (C=O) groups is 2. The van der Waals surface area contributed by atoms with Crippen LogP contribution in [0.25, 0.3) is 0 Å². The summed E-state index contributed by atoms with van der Waals surface area (Å²) in [5.74, 6) is 0.135.